The maximum Gasteiger partial charge on any atom is 0.416 e. The third-order valence-corrected chi connectivity index (χ3v) is 4.61. The number of methoxy groups -OCH3 is 1. The van der Waals surface area contributed by atoms with E-state index in [9.17, 15) is 13.2 Å². The second-order valence-corrected chi connectivity index (χ2v) is 5.81. The van der Waals surface area contributed by atoms with Crippen LogP contribution in [0, 0.1) is 5.92 Å². The summed E-state index contributed by atoms with van der Waals surface area (Å²) in [5, 5.41) is 0.402. The molecular weight excluding hydrogens is 333 g/mol. The predicted octanol–water partition coefficient (Wildman–Crippen LogP) is 5.48. The molecule has 1 aliphatic rings. The lowest BCUT2D eigenvalue weighted by Gasteiger charge is -2.25. The second kappa shape index (κ2) is 6.48. The molecule has 112 valence electrons. The lowest BCUT2D eigenvalue weighted by molar-refractivity contribution is -0.137. The minimum Gasteiger partial charge on any atom is -0.376 e. The first-order chi connectivity index (χ1) is 9.47. The van der Waals surface area contributed by atoms with E-state index in [2.05, 4.69) is 15.9 Å². The Labute approximate surface area is 125 Å². The molecule has 1 nitrogen and oxygen atoms in total. The average molecular weight is 351 g/mol. The van der Waals surface area contributed by atoms with Crippen LogP contribution in [0.1, 0.15) is 48.5 Å². The number of benzene rings is 1. The standard InChI is InChI=1S/C15H18BrF3O/c1-20-14(10-4-2-3-5-10)13-7-6-12(15(17,18)19)8-11(13)9-16/h6-8,10,14H,2-5,9H2,1H3. The summed E-state index contributed by atoms with van der Waals surface area (Å²) in [6.45, 7) is 0. The Hall–Kier alpha value is -0.550. The van der Waals surface area contributed by atoms with Crippen LogP contribution in [0.25, 0.3) is 0 Å². The van der Waals surface area contributed by atoms with E-state index < -0.39 is 11.7 Å². The Balaban J connectivity index is 2.34. The van der Waals surface area contributed by atoms with E-state index in [1.54, 1.807) is 13.2 Å². The highest BCUT2D eigenvalue weighted by Gasteiger charge is 2.33. The van der Waals surface area contributed by atoms with Crippen LogP contribution in [0.5, 0.6) is 0 Å². The fourth-order valence-corrected chi connectivity index (χ4v) is 3.49. The van der Waals surface area contributed by atoms with Gasteiger partial charge in [-0.3, -0.25) is 0 Å². The van der Waals surface area contributed by atoms with Crippen molar-refractivity contribution in [3.8, 4) is 0 Å². The van der Waals surface area contributed by atoms with Gasteiger partial charge in [-0.15, -0.1) is 0 Å². The van der Waals surface area contributed by atoms with Gasteiger partial charge in [0.25, 0.3) is 0 Å². The first kappa shape index (κ1) is 15.8. The van der Waals surface area contributed by atoms with E-state index in [-0.39, 0.29) is 6.10 Å². The van der Waals surface area contributed by atoms with Gasteiger partial charge in [-0.1, -0.05) is 34.8 Å². The van der Waals surface area contributed by atoms with Crippen molar-refractivity contribution in [1.82, 2.24) is 0 Å². The quantitative estimate of drug-likeness (QED) is 0.653. The maximum absolute atomic E-state index is 12.8. The topological polar surface area (TPSA) is 9.23 Å². The smallest absolute Gasteiger partial charge is 0.376 e. The molecule has 1 fully saturated rings. The Morgan fingerprint density at radius 3 is 2.45 bits per heavy atom. The summed E-state index contributed by atoms with van der Waals surface area (Å²) in [5.41, 5.74) is 0.944. The van der Waals surface area contributed by atoms with Crippen molar-refractivity contribution in [1.29, 1.82) is 0 Å². The molecule has 1 aromatic rings. The number of alkyl halides is 4. The average Bonchev–Trinajstić information content (AvgIpc) is 2.92. The zero-order valence-electron chi connectivity index (χ0n) is 11.3. The van der Waals surface area contributed by atoms with E-state index in [1.165, 1.54) is 18.9 Å². The zero-order chi connectivity index (χ0) is 14.8. The molecule has 1 saturated carbocycles. The fourth-order valence-electron chi connectivity index (χ4n) is 3.01. The van der Waals surface area contributed by atoms with Gasteiger partial charge in [0.15, 0.2) is 0 Å². The summed E-state index contributed by atoms with van der Waals surface area (Å²) in [6, 6.07) is 3.96. The van der Waals surface area contributed by atoms with Gasteiger partial charge in [-0.25, -0.2) is 0 Å². The third-order valence-electron chi connectivity index (χ3n) is 4.00. The van der Waals surface area contributed by atoms with Gasteiger partial charge < -0.3 is 4.74 Å². The van der Waals surface area contributed by atoms with Crippen LogP contribution in [0.3, 0.4) is 0 Å². The first-order valence-corrected chi connectivity index (χ1v) is 7.88. The summed E-state index contributed by atoms with van der Waals surface area (Å²) < 4.78 is 43.9. The third kappa shape index (κ3) is 3.37. The Morgan fingerprint density at radius 1 is 1.30 bits per heavy atom. The zero-order valence-corrected chi connectivity index (χ0v) is 12.9. The molecule has 0 bridgehead atoms. The van der Waals surface area contributed by atoms with E-state index >= 15 is 0 Å². The molecule has 20 heavy (non-hydrogen) atoms. The van der Waals surface area contributed by atoms with Crippen molar-refractivity contribution in [3.05, 3.63) is 34.9 Å². The van der Waals surface area contributed by atoms with Crippen LogP contribution in [0.4, 0.5) is 13.2 Å². The molecule has 0 amide bonds. The minimum atomic E-state index is -4.30. The van der Waals surface area contributed by atoms with E-state index in [4.69, 9.17) is 4.74 Å². The summed E-state index contributed by atoms with van der Waals surface area (Å²) in [7, 11) is 1.64. The molecule has 1 aromatic carbocycles. The number of halogens is 4. The molecule has 0 aliphatic heterocycles. The van der Waals surface area contributed by atoms with Gasteiger partial charge in [0.1, 0.15) is 0 Å². The summed E-state index contributed by atoms with van der Waals surface area (Å²) in [5.74, 6) is 0.412. The van der Waals surface area contributed by atoms with Crippen LogP contribution in [0.2, 0.25) is 0 Å². The van der Waals surface area contributed by atoms with Crippen molar-refractivity contribution in [2.75, 3.05) is 7.11 Å². The molecule has 2 rings (SSSR count). The molecule has 1 unspecified atom stereocenters. The highest BCUT2D eigenvalue weighted by atomic mass is 79.9. The van der Waals surface area contributed by atoms with Crippen LogP contribution < -0.4 is 0 Å². The maximum atomic E-state index is 12.8. The number of rotatable bonds is 4. The van der Waals surface area contributed by atoms with Crippen molar-refractivity contribution in [2.45, 2.75) is 43.3 Å². The molecular formula is C15H18BrF3O. The number of hydrogen-bond acceptors (Lipinski definition) is 1. The van der Waals surface area contributed by atoms with Gasteiger partial charge in [-0.2, -0.15) is 13.2 Å². The molecule has 0 N–H and O–H groups in total. The van der Waals surface area contributed by atoms with E-state index in [1.807, 2.05) is 0 Å². The lowest BCUT2D eigenvalue weighted by Crippen LogP contribution is -2.15. The Bertz CT molecular complexity index is 453. The number of ether oxygens (including phenoxy) is 1. The molecule has 0 heterocycles. The first-order valence-electron chi connectivity index (χ1n) is 6.76. The Kier molecular flexibility index (Phi) is 5.13. The van der Waals surface area contributed by atoms with Crippen LogP contribution in [-0.2, 0) is 16.2 Å². The number of hydrogen-bond donors (Lipinski definition) is 0. The molecule has 0 saturated heterocycles. The molecule has 1 atom stereocenters. The lowest BCUT2D eigenvalue weighted by atomic mass is 9.90. The predicted molar refractivity (Wildman–Crippen MR) is 75.8 cm³/mol. The normalized spacial score (nSPS) is 18.4. The second-order valence-electron chi connectivity index (χ2n) is 5.25. The van der Waals surface area contributed by atoms with Crippen molar-refractivity contribution in [2.24, 2.45) is 5.92 Å². The van der Waals surface area contributed by atoms with Crippen LogP contribution in [0.15, 0.2) is 18.2 Å². The van der Waals surface area contributed by atoms with E-state index in [0.717, 1.165) is 24.5 Å². The van der Waals surface area contributed by atoms with Gasteiger partial charge in [0.2, 0.25) is 0 Å². The monoisotopic (exact) mass is 350 g/mol. The van der Waals surface area contributed by atoms with Gasteiger partial charge in [-0.05, 0) is 42.0 Å². The summed E-state index contributed by atoms with van der Waals surface area (Å²) in [4.78, 5) is 0. The molecule has 1 aliphatic carbocycles. The highest BCUT2D eigenvalue weighted by Crippen LogP contribution is 2.40. The summed E-state index contributed by atoms with van der Waals surface area (Å²) in [6.07, 6.45) is 0.115. The van der Waals surface area contributed by atoms with Gasteiger partial charge in [0.05, 0.1) is 11.7 Å². The minimum absolute atomic E-state index is 0.104. The largest absolute Gasteiger partial charge is 0.416 e. The molecule has 0 spiro atoms. The van der Waals surface area contributed by atoms with Crippen molar-refractivity contribution < 1.29 is 17.9 Å². The van der Waals surface area contributed by atoms with Crippen molar-refractivity contribution >= 4 is 15.9 Å². The fraction of sp³-hybridized carbons (Fsp3) is 0.600. The molecule has 5 heteroatoms. The van der Waals surface area contributed by atoms with E-state index in [0.29, 0.717) is 16.8 Å². The van der Waals surface area contributed by atoms with Gasteiger partial charge >= 0.3 is 6.18 Å². The van der Waals surface area contributed by atoms with Crippen LogP contribution >= 0.6 is 15.9 Å². The highest BCUT2D eigenvalue weighted by molar-refractivity contribution is 9.08. The SMILES string of the molecule is COC(c1ccc(C(F)(F)F)cc1CBr)C1CCCC1. The Morgan fingerprint density at radius 2 is 1.95 bits per heavy atom. The molecule has 0 radical (unpaired) electrons. The van der Waals surface area contributed by atoms with Crippen molar-refractivity contribution in [3.63, 3.8) is 0 Å². The molecule has 0 aromatic heterocycles. The summed E-state index contributed by atoms with van der Waals surface area (Å²) >= 11 is 3.29. The van der Waals surface area contributed by atoms with Crippen LogP contribution in [-0.4, -0.2) is 7.11 Å². The van der Waals surface area contributed by atoms with Gasteiger partial charge in [0, 0.05) is 12.4 Å².